The van der Waals surface area contributed by atoms with Crippen molar-refractivity contribution in [3.05, 3.63) is 0 Å². The van der Waals surface area contributed by atoms with E-state index in [1.165, 1.54) is 11.8 Å². The van der Waals surface area contributed by atoms with Crippen molar-refractivity contribution in [2.45, 2.75) is 18.7 Å². The summed E-state index contributed by atoms with van der Waals surface area (Å²) in [6.07, 6.45) is -4.52. The highest BCUT2D eigenvalue weighted by Gasteiger charge is 2.27. The van der Waals surface area contributed by atoms with E-state index in [4.69, 9.17) is 10.2 Å². The molecule has 0 aromatic rings. The van der Waals surface area contributed by atoms with Gasteiger partial charge in [0.2, 0.25) is 0 Å². The van der Waals surface area contributed by atoms with E-state index in [1.54, 1.807) is 0 Å². The van der Waals surface area contributed by atoms with Crippen molar-refractivity contribution in [2.24, 2.45) is 0 Å². The van der Waals surface area contributed by atoms with Gasteiger partial charge in [-0.3, -0.25) is 0 Å². The summed E-state index contributed by atoms with van der Waals surface area (Å²) in [4.78, 5) is 0. The molecular weight excluding hydrogens is 233 g/mol. The summed E-state index contributed by atoms with van der Waals surface area (Å²) in [5.41, 5.74) is 0. The number of rotatable bonds is 8. The van der Waals surface area contributed by atoms with Gasteiger partial charge >= 0.3 is 6.18 Å². The van der Waals surface area contributed by atoms with Gasteiger partial charge in [-0.2, -0.15) is 24.9 Å². The van der Waals surface area contributed by atoms with E-state index >= 15 is 0 Å². The van der Waals surface area contributed by atoms with Crippen LogP contribution in [0.25, 0.3) is 0 Å². The first-order valence-electron chi connectivity index (χ1n) is 4.47. The molecule has 0 bridgehead atoms. The maximum absolute atomic E-state index is 11.6. The zero-order valence-electron chi connectivity index (χ0n) is 8.16. The van der Waals surface area contributed by atoms with Crippen LogP contribution in [0.15, 0.2) is 0 Å². The quantitative estimate of drug-likeness (QED) is 0.630. The molecule has 0 radical (unpaired) electrons. The van der Waals surface area contributed by atoms with Crippen LogP contribution in [0, 0.1) is 0 Å². The summed E-state index contributed by atoms with van der Waals surface area (Å²) in [6, 6.07) is 0. The average molecular weight is 248 g/mol. The lowest BCUT2D eigenvalue weighted by atomic mass is 10.4. The monoisotopic (exact) mass is 248 g/mol. The molecule has 7 heteroatoms. The van der Waals surface area contributed by atoms with Crippen LogP contribution in [0.2, 0.25) is 0 Å². The minimum Gasteiger partial charge on any atom is -0.394 e. The molecule has 0 aliphatic rings. The molecule has 0 rings (SSSR count). The Balaban J connectivity index is 3.12. The standard InChI is InChI=1S/C8H15F3O3S/c9-8(10,11)6-14-2-1-3-15-5-7(13)4-12/h7,12-13H,1-6H2. The lowest BCUT2D eigenvalue weighted by Crippen LogP contribution is -2.18. The number of aliphatic hydroxyl groups excluding tert-OH is 2. The molecule has 0 spiro atoms. The van der Waals surface area contributed by atoms with Crippen molar-refractivity contribution in [1.82, 2.24) is 0 Å². The lowest BCUT2D eigenvalue weighted by molar-refractivity contribution is -0.173. The first kappa shape index (κ1) is 15.0. The molecule has 3 nitrogen and oxygen atoms in total. The maximum atomic E-state index is 11.6. The van der Waals surface area contributed by atoms with Gasteiger partial charge in [-0.1, -0.05) is 0 Å². The van der Waals surface area contributed by atoms with Crippen molar-refractivity contribution in [3.63, 3.8) is 0 Å². The van der Waals surface area contributed by atoms with Crippen LogP contribution in [-0.4, -0.2) is 53.8 Å². The van der Waals surface area contributed by atoms with Crippen LogP contribution in [0.3, 0.4) is 0 Å². The van der Waals surface area contributed by atoms with Crippen molar-refractivity contribution in [1.29, 1.82) is 0 Å². The zero-order chi connectivity index (χ0) is 11.7. The molecule has 1 unspecified atom stereocenters. The smallest absolute Gasteiger partial charge is 0.394 e. The third-order valence-corrected chi connectivity index (χ3v) is 2.56. The van der Waals surface area contributed by atoms with Gasteiger partial charge in [0.1, 0.15) is 6.61 Å². The Hall–Kier alpha value is 0.0200. The summed E-state index contributed by atoms with van der Waals surface area (Å²) >= 11 is 1.37. The fourth-order valence-electron chi connectivity index (χ4n) is 0.723. The molecule has 0 saturated carbocycles. The Morgan fingerprint density at radius 2 is 2.00 bits per heavy atom. The second-order valence-electron chi connectivity index (χ2n) is 2.93. The number of ether oxygens (including phenoxy) is 1. The summed E-state index contributed by atoms with van der Waals surface area (Å²) in [7, 11) is 0. The molecule has 0 amide bonds. The summed E-state index contributed by atoms with van der Waals surface area (Å²) < 4.78 is 39.2. The van der Waals surface area contributed by atoms with Crippen LogP contribution in [0.1, 0.15) is 6.42 Å². The Labute approximate surface area is 90.6 Å². The van der Waals surface area contributed by atoms with Crippen LogP contribution >= 0.6 is 11.8 Å². The molecule has 15 heavy (non-hydrogen) atoms. The number of hydrogen-bond donors (Lipinski definition) is 2. The van der Waals surface area contributed by atoms with Crippen LogP contribution in [0.5, 0.6) is 0 Å². The second-order valence-corrected chi connectivity index (χ2v) is 4.08. The van der Waals surface area contributed by atoms with E-state index in [0.29, 0.717) is 17.9 Å². The van der Waals surface area contributed by atoms with E-state index in [0.717, 1.165) is 0 Å². The fourth-order valence-corrected chi connectivity index (χ4v) is 1.59. The predicted octanol–water partition coefficient (Wildman–Crippen LogP) is 1.04. The van der Waals surface area contributed by atoms with E-state index in [1.807, 2.05) is 0 Å². The van der Waals surface area contributed by atoms with Crippen LogP contribution in [-0.2, 0) is 4.74 Å². The summed E-state index contributed by atoms with van der Waals surface area (Å²) in [6.45, 7) is -1.45. The molecule has 0 aliphatic carbocycles. The highest BCUT2D eigenvalue weighted by molar-refractivity contribution is 7.99. The van der Waals surface area contributed by atoms with Gasteiger partial charge in [0.25, 0.3) is 0 Å². The highest BCUT2D eigenvalue weighted by atomic mass is 32.2. The number of thioether (sulfide) groups is 1. The summed E-state index contributed by atoms with van der Waals surface area (Å²) in [5.74, 6) is 0.991. The van der Waals surface area contributed by atoms with Crippen molar-refractivity contribution in [2.75, 3.05) is 31.3 Å². The zero-order valence-corrected chi connectivity index (χ0v) is 8.98. The van der Waals surface area contributed by atoms with Gasteiger partial charge in [-0.25, -0.2) is 0 Å². The van der Waals surface area contributed by atoms with Gasteiger partial charge in [-0.15, -0.1) is 0 Å². The normalized spacial score (nSPS) is 14.2. The maximum Gasteiger partial charge on any atom is 0.411 e. The van der Waals surface area contributed by atoms with Gasteiger partial charge in [0.05, 0.1) is 12.7 Å². The molecule has 0 fully saturated rings. The third-order valence-electron chi connectivity index (χ3n) is 1.36. The van der Waals surface area contributed by atoms with Gasteiger partial charge < -0.3 is 14.9 Å². The van der Waals surface area contributed by atoms with E-state index in [-0.39, 0.29) is 13.2 Å². The molecular formula is C8H15F3O3S. The number of alkyl halides is 3. The van der Waals surface area contributed by atoms with Gasteiger partial charge in [-0.05, 0) is 12.2 Å². The first-order chi connectivity index (χ1) is 6.95. The van der Waals surface area contributed by atoms with Crippen LogP contribution in [0.4, 0.5) is 13.2 Å². The molecule has 0 aliphatic heterocycles. The Bertz CT molecular complexity index is 155. The Morgan fingerprint density at radius 1 is 1.33 bits per heavy atom. The van der Waals surface area contributed by atoms with E-state index in [9.17, 15) is 13.2 Å². The van der Waals surface area contributed by atoms with Gasteiger partial charge in [0, 0.05) is 12.4 Å². The molecule has 1 atom stereocenters. The molecule has 0 saturated heterocycles. The molecule has 0 heterocycles. The predicted molar refractivity (Wildman–Crippen MR) is 51.9 cm³/mol. The Kier molecular flexibility index (Phi) is 8.22. The topological polar surface area (TPSA) is 49.7 Å². The van der Waals surface area contributed by atoms with E-state index < -0.39 is 18.9 Å². The van der Waals surface area contributed by atoms with Crippen LogP contribution < -0.4 is 0 Å². The Morgan fingerprint density at radius 3 is 2.53 bits per heavy atom. The molecule has 0 aromatic carbocycles. The summed E-state index contributed by atoms with van der Waals surface area (Å²) in [5, 5.41) is 17.4. The number of hydrogen-bond acceptors (Lipinski definition) is 4. The van der Waals surface area contributed by atoms with E-state index in [2.05, 4.69) is 4.74 Å². The number of halogens is 3. The third kappa shape index (κ3) is 11.9. The largest absolute Gasteiger partial charge is 0.411 e. The van der Waals surface area contributed by atoms with Gasteiger partial charge in [0.15, 0.2) is 0 Å². The average Bonchev–Trinajstić information content (AvgIpc) is 2.14. The minimum absolute atomic E-state index is 0.0573. The van der Waals surface area contributed by atoms with Crippen molar-refractivity contribution < 1.29 is 28.1 Å². The highest BCUT2D eigenvalue weighted by Crippen LogP contribution is 2.14. The minimum atomic E-state index is -4.26. The second kappa shape index (κ2) is 8.20. The molecule has 2 N–H and O–H groups in total. The molecule has 0 aromatic heterocycles. The first-order valence-corrected chi connectivity index (χ1v) is 5.62. The SMILES string of the molecule is OCC(O)CSCCCOCC(F)(F)F. The molecule has 92 valence electrons. The van der Waals surface area contributed by atoms with Crippen molar-refractivity contribution >= 4 is 11.8 Å². The van der Waals surface area contributed by atoms with Crippen molar-refractivity contribution in [3.8, 4) is 0 Å². The number of aliphatic hydroxyl groups is 2. The fraction of sp³-hybridized carbons (Fsp3) is 1.00. The lowest BCUT2D eigenvalue weighted by Gasteiger charge is -2.08.